The highest BCUT2D eigenvalue weighted by atomic mass is 32.2. The van der Waals surface area contributed by atoms with Crippen LogP contribution in [0.1, 0.15) is 5.56 Å². The van der Waals surface area contributed by atoms with Crippen LogP contribution < -0.4 is 10.3 Å². The lowest BCUT2D eigenvalue weighted by molar-refractivity contribution is 0.601. The summed E-state index contributed by atoms with van der Waals surface area (Å²) in [6, 6.07) is 21.2. The summed E-state index contributed by atoms with van der Waals surface area (Å²) in [6.45, 7) is 0.413. The molecule has 0 saturated carbocycles. The fourth-order valence-electron chi connectivity index (χ4n) is 2.85. The van der Waals surface area contributed by atoms with E-state index in [2.05, 4.69) is 9.82 Å². The zero-order valence-electron chi connectivity index (χ0n) is 15.3. The zero-order chi connectivity index (χ0) is 20.3. The lowest BCUT2D eigenvalue weighted by atomic mass is 10.2. The molecule has 0 aliphatic heterocycles. The SMILES string of the molecule is O=c1ccccn1Cc1ccc(NS(=O)(=O)c2cnn(-c3ccccc3)c2)cc1. The topological polar surface area (TPSA) is 86.0 Å². The first-order valence-corrected chi connectivity index (χ1v) is 10.4. The number of hydrogen-bond donors (Lipinski definition) is 1. The van der Waals surface area contributed by atoms with Crippen molar-refractivity contribution in [3.05, 3.63) is 107 Å². The van der Waals surface area contributed by atoms with Gasteiger partial charge in [0.15, 0.2) is 0 Å². The first-order valence-electron chi connectivity index (χ1n) is 8.89. The molecule has 4 rings (SSSR count). The Bertz CT molecular complexity index is 1280. The minimum Gasteiger partial charge on any atom is -0.311 e. The predicted octanol–water partition coefficient (Wildman–Crippen LogP) is 2.88. The Balaban J connectivity index is 1.49. The molecule has 0 radical (unpaired) electrons. The molecule has 0 spiro atoms. The van der Waals surface area contributed by atoms with Gasteiger partial charge in [0.25, 0.3) is 15.6 Å². The highest BCUT2D eigenvalue weighted by Gasteiger charge is 2.17. The van der Waals surface area contributed by atoms with E-state index in [9.17, 15) is 13.2 Å². The predicted molar refractivity (Wildman–Crippen MR) is 111 cm³/mol. The van der Waals surface area contributed by atoms with Crippen LogP contribution in [0.2, 0.25) is 0 Å². The van der Waals surface area contributed by atoms with E-state index >= 15 is 0 Å². The zero-order valence-corrected chi connectivity index (χ0v) is 16.2. The third kappa shape index (κ3) is 4.27. The Morgan fingerprint density at radius 3 is 2.34 bits per heavy atom. The molecule has 0 amide bonds. The van der Waals surface area contributed by atoms with Gasteiger partial charge in [-0.15, -0.1) is 0 Å². The van der Waals surface area contributed by atoms with Crippen LogP contribution >= 0.6 is 0 Å². The molecule has 0 bridgehead atoms. The smallest absolute Gasteiger partial charge is 0.265 e. The summed E-state index contributed by atoms with van der Waals surface area (Å²) in [5.74, 6) is 0. The average Bonchev–Trinajstić information content (AvgIpc) is 3.23. The van der Waals surface area contributed by atoms with Crippen molar-refractivity contribution in [3.63, 3.8) is 0 Å². The maximum absolute atomic E-state index is 12.7. The lowest BCUT2D eigenvalue weighted by Crippen LogP contribution is -2.18. The van der Waals surface area contributed by atoms with Gasteiger partial charge in [0.05, 0.1) is 24.6 Å². The van der Waals surface area contributed by atoms with Crippen molar-refractivity contribution in [3.8, 4) is 5.69 Å². The van der Waals surface area contributed by atoms with Gasteiger partial charge in [0.2, 0.25) is 0 Å². The summed E-state index contributed by atoms with van der Waals surface area (Å²) in [6.07, 6.45) is 4.49. The number of para-hydroxylation sites is 1. The highest BCUT2D eigenvalue weighted by molar-refractivity contribution is 7.92. The summed E-state index contributed by atoms with van der Waals surface area (Å²) >= 11 is 0. The van der Waals surface area contributed by atoms with Gasteiger partial charge in [-0.05, 0) is 35.9 Å². The third-order valence-electron chi connectivity index (χ3n) is 4.35. The number of nitrogens with one attached hydrogen (secondary N) is 1. The summed E-state index contributed by atoms with van der Waals surface area (Å²) in [7, 11) is -3.77. The van der Waals surface area contributed by atoms with Gasteiger partial charge in [-0.25, -0.2) is 13.1 Å². The van der Waals surface area contributed by atoms with Crippen LogP contribution in [0.4, 0.5) is 5.69 Å². The number of sulfonamides is 1. The highest BCUT2D eigenvalue weighted by Crippen LogP contribution is 2.18. The molecular weight excluding hydrogens is 388 g/mol. The Morgan fingerprint density at radius 1 is 0.897 bits per heavy atom. The largest absolute Gasteiger partial charge is 0.311 e. The fourth-order valence-corrected chi connectivity index (χ4v) is 3.84. The Labute approximate surface area is 167 Å². The van der Waals surface area contributed by atoms with Gasteiger partial charge < -0.3 is 4.57 Å². The number of aromatic nitrogens is 3. The minimum atomic E-state index is -3.77. The van der Waals surface area contributed by atoms with Crippen molar-refractivity contribution in [2.75, 3.05) is 4.72 Å². The van der Waals surface area contributed by atoms with Crippen LogP contribution in [0, 0.1) is 0 Å². The van der Waals surface area contributed by atoms with E-state index in [4.69, 9.17) is 0 Å². The molecule has 2 aromatic carbocycles. The molecule has 2 heterocycles. The normalized spacial score (nSPS) is 11.3. The molecule has 8 heteroatoms. The molecule has 1 N–H and O–H groups in total. The molecule has 0 aliphatic rings. The molecule has 0 unspecified atom stereocenters. The minimum absolute atomic E-state index is 0.0706. The first-order chi connectivity index (χ1) is 14.0. The second-order valence-corrected chi connectivity index (χ2v) is 8.11. The molecule has 0 saturated heterocycles. The van der Waals surface area contributed by atoms with E-state index in [1.54, 1.807) is 47.2 Å². The van der Waals surface area contributed by atoms with Gasteiger partial charge in [0.1, 0.15) is 4.90 Å². The van der Waals surface area contributed by atoms with Crippen LogP contribution in [0.25, 0.3) is 5.69 Å². The van der Waals surface area contributed by atoms with E-state index in [0.717, 1.165) is 11.3 Å². The number of rotatable bonds is 6. The molecule has 29 heavy (non-hydrogen) atoms. The molecular formula is C21H18N4O3S. The van der Waals surface area contributed by atoms with E-state index in [-0.39, 0.29) is 10.5 Å². The summed E-state index contributed by atoms with van der Waals surface area (Å²) in [5.41, 5.74) is 2.00. The number of pyridine rings is 1. The van der Waals surface area contributed by atoms with Crippen molar-refractivity contribution in [1.82, 2.24) is 14.3 Å². The Hall–Kier alpha value is -3.65. The maximum Gasteiger partial charge on any atom is 0.265 e. The fraction of sp³-hybridized carbons (Fsp3) is 0.0476. The number of nitrogens with zero attached hydrogens (tertiary/aromatic N) is 3. The van der Waals surface area contributed by atoms with Crippen molar-refractivity contribution in [1.29, 1.82) is 0 Å². The van der Waals surface area contributed by atoms with Gasteiger partial charge in [0, 0.05) is 18.0 Å². The van der Waals surface area contributed by atoms with Crippen molar-refractivity contribution in [2.45, 2.75) is 11.4 Å². The Kier molecular flexibility index (Phi) is 5.01. The van der Waals surface area contributed by atoms with Crippen LogP contribution in [0.3, 0.4) is 0 Å². The van der Waals surface area contributed by atoms with Crippen molar-refractivity contribution in [2.24, 2.45) is 0 Å². The number of hydrogen-bond acceptors (Lipinski definition) is 4. The third-order valence-corrected chi connectivity index (χ3v) is 5.68. The maximum atomic E-state index is 12.7. The van der Waals surface area contributed by atoms with Crippen LogP contribution in [0.5, 0.6) is 0 Å². The van der Waals surface area contributed by atoms with Gasteiger partial charge in [-0.2, -0.15) is 5.10 Å². The molecule has 0 aliphatic carbocycles. The van der Waals surface area contributed by atoms with Crippen LogP contribution in [0.15, 0.2) is 101 Å². The Morgan fingerprint density at radius 2 is 1.62 bits per heavy atom. The first kappa shape index (κ1) is 18.7. The lowest BCUT2D eigenvalue weighted by Gasteiger charge is -2.08. The number of benzene rings is 2. The van der Waals surface area contributed by atoms with Crippen LogP contribution in [-0.2, 0) is 16.6 Å². The van der Waals surface area contributed by atoms with Crippen LogP contribution in [-0.4, -0.2) is 22.8 Å². The van der Waals surface area contributed by atoms with E-state index in [0.29, 0.717) is 12.2 Å². The molecule has 0 fully saturated rings. The quantitative estimate of drug-likeness (QED) is 0.533. The number of anilines is 1. The molecule has 146 valence electrons. The standard InChI is InChI=1S/C21H18N4O3S/c26-21-8-4-5-13-24(21)15-17-9-11-18(12-10-17)23-29(27,28)20-14-22-25(16-20)19-6-2-1-3-7-19/h1-14,16,23H,15H2. The molecule has 4 aromatic rings. The second kappa shape index (κ2) is 7.76. The monoisotopic (exact) mass is 406 g/mol. The summed E-state index contributed by atoms with van der Waals surface area (Å²) in [4.78, 5) is 11.9. The molecule has 0 atom stereocenters. The van der Waals surface area contributed by atoms with Gasteiger partial charge in [-0.3, -0.25) is 9.52 Å². The van der Waals surface area contributed by atoms with Crippen molar-refractivity contribution >= 4 is 15.7 Å². The van der Waals surface area contributed by atoms with E-state index in [1.807, 2.05) is 30.3 Å². The van der Waals surface area contributed by atoms with Crippen molar-refractivity contribution < 1.29 is 8.42 Å². The van der Waals surface area contributed by atoms with Gasteiger partial charge >= 0.3 is 0 Å². The molecule has 2 aromatic heterocycles. The van der Waals surface area contributed by atoms with E-state index < -0.39 is 10.0 Å². The van der Waals surface area contributed by atoms with Gasteiger partial charge in [-0.1, -0.05) is 36.4 Å². The summed E-state index contributed by atoms with van der Waals surface area (Å²) in [5, 5.41) is 4.13. The second-order valence-electron chi connectivity index (χ2n) is 6.43. The average molecular weight is 406 g/mol. The van der Waals surface area contributed by atoms with E-state index in [1.165, 1.54) is 23.1 Å². The molecule has 7 nitrogen and oxygen atoms in total. The summed E-state index contributed by atoms with van der Waals surface area (Å²) < 4.78 is 31.0.